The molecule has 0 aliphatic rings. The number of ether oxygens (including phenoxy) is 2. The zero-order valence-electron chi connectivity index (χ0n) is 12.2. The topological polar surface area (TPSA) is 80.2 Å². The quantitative estimate of drug-likeness (QED) is 0.655. The van der Waals surface area contributed by atoms with Crippen molar-refractivity contribution in [2.75, 3.05) is 14.2 Å². The number of benzene rings is 2. The molecule has 0 aromatic heterocycles. The average Bonchev–Trinajstić information content (AvgIpc) is 2.55. The number of methoxy groups -OCH3 is 2. The van der Waals surface area contributed by atoms with Gasteiger partial charge in [0.2, 0.25) is 0 Å². The molecule has 0 bridgehead atoms. The molecule has 2 rings (SSSR count). The van der Waals surface area contributed by atoms with E-state index in [1.807, 2.05) is 0 Å². The van der Waals surface area contributed by atoms with Crippen LogP contribution in [0.15, 0.2) is 47.6 Å². The monoisotopic (exact) mass is 300 g/mol. The summed E-state index contributed by atoms with van der Waals surface area (Å²) in [5.74, 6) is 0.826. The highest BCUT2D eigenvalue weighted by molar-refractivity contribution is 5.95. The van der Waals surface area contributed by atoms with Crippen molar-refractivity contribution in [1.29, 1.82) is 0 Å². The number of aromatic hydroxyl groups is 1. The Kier molecular flexibility index (Phi) is 4.98. The molecule has 2 aromatic carbocycles. The number of nitrogens with one attached hydrogen (secondary N) is 1. The molecule has 0 saturated heterocycles. The van der Waals surface area contributed by atoms with Gasteiger partial charge in [-0.2, -0.15) is 5.10 Å². The molecule has 0 unspecified atom stereocenters. The largest absolute Gasteiger partial charge is 0.508 e. The Hall–Kier alpha value is -3.02. The molecule has 2 aromatic rings. The molecule has 0 aliphatic carbocycles. The standard InChI is InChI=1S/C16H16N2O4/c1-21-14-8-5-12(9-15(14)22-2)16(20)18-17-10-11-3-6-13(19)7-4-11/h3-10,19H,1-2H3,(H,18,20)/b17-10-. The van der Waals surface area contributed by atoms with Gasteiger partial charge in [0.25, 0.3) is 5.91 Å². The van der Waals surface area contributed by atoms with Crippen molar-refractivity contribution in [3.05, 3.63) is 53.6 Å². The highest BCUT2D eigenvalue weighted by Gasteiger charge is 2.09. The smallest absolute Gasteiger partial charge is 0.271 e. The lowest BCUT2D eigenvalue weighted by atomic mass is 10.2. The average molecular weight is 300 g/mol. The molecule has 0 heterocycles. The Balaban J connectivity index is 2.04. The van der Waals surface area contributed by atoms with Crippen molar-refractivity contribution in [1.82, 2.24) is 5.43 Å². The maximum atomic E-state index is 12.0. The highest BCUT2D eigenvalue weighted by atomic mass is 16.5. The summed E-state index contributed by atoms with van der Waals surface area (Å²) in [5.41, 5.74) is 3.58. The molecular formula is C16H16N2O4. The molecule has 2 N–H and O–H groups in total. The first-order valence-corrected chi connectivity index (χ1v) is 6.48. The number of rotatable bonds is 5. The number of carbonyl (C=O) groups is 1. The second-order valence-corrected chi connectivity index (χ2v) is 4.36. The first kappa shape index (κ1) is 15.4. The Morgan fingerprint density at radius 3 is 2.41 bits per heavy atom. The summed E-state index contributed by atoms with van der Waals surface area (Å²) < 4.78 is 10.3. The zero-order valence-corrected chi connectivity index (χ0v) is 12.2. The summed E-state index contributed by atoms with van der Waals surface area (Å²) in [6, 6.07) is 11.3. The van der Waals surface area contributed by atoms with Crippen LogP contribution in [0.3, 0.4) is 0 Å². The minimum absolute atomic E-state index is 0.173. The summed E-state index contributed by atoms with van der Waals surface area (Å²) in [4.78, 5) is 12.0. The minimum atomic E-state index is -0.365. The van der Waals surface area contributed by atoms with Crippen molar-refractivity contribution in [2.24, 2.45) is 5.10 Å². The van der Waals surface area contributed by atoms with Crippen LogP contribution in [0, 0.1) is 0 Å². The van der Waals surface area contributed by atoms with E-state index in [0.29, 0.717) is 17.1 Å². The van der Waals surface area contributed by atoms with Crippen LogP contribution in [0.5, 0.6) is 17.2 Å². The summed E-state index contributed by atoms with van der Waals surface area (Å²) >= 11 is 0. The lowest BCUT2D eigenvalue weighted by molar-refractivity contribution is 0.0954. The molecule has 0 spiro atoms. The SMILES string of the molecule is COc1ccc(C(=O)N/N=C\c2ccc(O)cc2)cc1OC. The van der Waals surface area contributed by atoms with E-state index in [1.54, 1.807) is 30.3 Å². The predicted molar refractivity (Wildman–Crippen MR) is 82.7 cm³/mol. The van der Waals surface area contributed by atoms with Crippen LogP contribution in [0.1, 0.15) is 15.9 Å². The number of phenolic OH excluding ortho intramolecular Hbond substituents is 1. The van der Waals surface area contributed by atoms with Gasteiger partial charge in [0.15, 0.2) is 11.5 Å². The van der Waals surface area contributed by atoms with Gasteiger partial charge in [-0.1, -0.05) is 0 Å². The molecule has 114 valence electrons. The number of hydrazone groups is 1. The van der Waals surface area contributed by atoms with Crippen molar-refractivity contribution >= 4 is 12.1 Å². The van der Waals surface area contributed by atoms with Crippen LogP contribution in [0.25, 0.3) is 0 Å². The van der Waals surface area contributed by atoms with Crippen LogP contribution in [-0.4, -0.2) is 31.4 Å². The second-order valence-electron chi connectivity index (χ2n) is 4.36. The van der Waals surface area contributed by atoms with E-state index in [0.717, 1.165) is 5.56 Å². The van der Waals surface area contributed by atoms with Gasteiger partial charge in [-0.05, 0) is 48.0 Å². The zero-order chi connectivity index (χ0) is 15.9. The van der Waals surface area contributed by atoms with Crippen molar-refractivity contribution in [3.8, 4) is 17.2 Å². The fraction of sp³-hybridized carbons (Fsp3) is 0.125. The predicted octanol–water partition coefficient (Wildman–Crippen LogP) is 2.17. The Bertz CT molecular complexity index is 681. The number of phenols is 1. The van der Waals surface area contributed by atoms with Gasteiger partial charge in [-0.25, -0.2) is 5.43 Å². The van der Waals surface area contributed by atoms with E-state index < -0.39 is 0 Å². The molecule has 6 heteroatoms. The third kappa shape index (κ3) is 3.76. The summed E-state index contributed by atoms with van der Waals surface area (Å²) in [7, 11) is 3.03. The van der Waals surface area contributed by atoms with E-state index in [2.05, 4.69) is 10.5 Å². The van der Waals surface area contributed by atoms with Crippen molar-refractivity contribution < 1.29 is 19.4 Å². The maximum absolute atomic E-state index is 12.0. The molecule has 6 nitrogen and oxygen atoms in total. The van der Waals surface area contributed by atoms with Gasteiger partial charge >= 0.3 is 0 Å². The summed E-state index contributed by atoms with van der Waals surface area (Å²) in [5, 5.41) is 13.0. The van der Waals surface area contributed by atoms with E-state index in [-0.39, 0.29) is 11.7 Å². The fourth-order valence-electron chi connectivity index (χ4n) is 1.77. The molecule has 0 aliphatic heterocycles. The van der Waals surface area contributed by atoms with Gasteiger partial charge in [0.1, 0.15) is 5.75 Å². The van der Waals surface area contributed by atoms with Gasteiger partial charge in [-0.15, -0.1) is 0 Å². The minimum Gasteiger partial charge on any atom is -0.508 e. The Labute approximate surface area is 128 Å². The molecule has 0 fully saturated rings. The molecular weight excluding hydrogens is 284 g/mol. The van der Waals surface area contributed by atoms with Gasteiger partial charge in [0.05, 0.1) is 20.4 Å². The summed E-state index contributed by atoms with van der Waals surface area (Å²) in [6.45, 7) is 0. The third-order valence-corrected chi connectivity index (χ3v) is 2.92. The first-order chi connectivity index (χ1) is 10.6. The maximum Gasteiger partial charge on any atom is 0.271 e. The lowest BCUT2D eigenvalue weighted by Crippen LogP contribution is -2.17. The Morgan fingerprint density at radius 1 is 1.09 bits per heavy atom. The van der Waals surface area contributed by atoms with Crippen molar-refractivity contribution in [2.45, 2.75) is 0 Å². The normalized spacial score (nSPS) is 10.5. The number of carbonyl (C=O) groups excluding carboxylic acids is 1. The van der Waals surface area contributed by atoms with Crippen LogP contribution >= 0.6 is 0 Å². The van der Waals surface area contributed by atoms with Gasteiger partial charge in [-0.3, -0.25) is 4.79 Å². The molecule has 0 saturated carbocycles. The second kappa shape index (κ2) is 7.12. The van der Waals surface area contributed by atoms with E-state index in [4.69, 9.17) is 9.47 Å². The fourth-order valence-corrected chi connectivity index (χ4v) is 1.77. The molecule has 0 atom stereocenters. The molecule has 0 radical (unpaired) electrons. The number of hydrogen-bond donors (Lipinski definition) is 2. The molecule has 22 heavy (non-hydrogen) atoms. The van der Waals surface area contributed by atoms with Crippen LogP contribution in [0.2, 0.25) is 0 Å². The number of nitrogens with zero attached hydrogens (tertiary/aromatic N) is 1. The van der Waals surface area contributed by atoms with Gasteiger partial charge < -0.3 is 14.6 Å². The molecule has 1 amide bonds. The van der Waals surface area contributed by atoms with Crippen LogP contribution in [-0.2, 0) is 0 Å². The van der Waals surface area contributed by atoms with E-state index in [1.165, 1.54) is 32.6 Å². The first-order valence-electron chi connectivity index (χ1n) is 6.48. The van der Waals surface area contributed by atoms with Gasteiger partial charge in [0, 0.05) is 5.56 Å². The summed E-state index contributed by atoms with van der Waals surface area (Å²) in [6.07, 6.45) is 1.48. The number of amides is 1. The highest BCUT2D eigenvalue weighted by Crippen LogP contribution is 2.27. The Morgan fingerprint density at radius 2 is 1.77 bits per heavy atom. The van der Waals surface area contributed by atoms with E-state index in [9.17, 15) is 9.90 Å². The van der Waals surface area contributed by atoms with Crippen LogP contribution < -0.4 is 14.9 Å². The number of hydrogen-bond acceptors (Lipinski definition) is 5. The van der Waals surface area contributed by atoms with Crippen LogP contribution in [0.4, 0.5) is 0 Å². The lowest BCUT2D eigenvalue weighted by Gasteiger charge is -2.08. The van der Waals surface area contributed by atoms with Crippen molar-refractivity contribution in [3.63, 3.8) is 0 Å². The third-order valence-electron chi connectivity index (χ3n) is 2.92. The van der Waals surface area contributed by atoms with E-state index >= 15 is 0 Å².